The first-order valence-electron chi connectivity index (χ1n) is 5.64. The predicted octanol–water partition coefficient (Wildman–Crippen LogP) is 4.61. The van der Waals surface area contributed by atoms with E-state index in [9.17, 15) is 0 Å². The summed E-state index contributed by atoms with van der Waals surface area (Å²) in [4.78, 5) is 4.20. The maximum Gasteiger partial charge on any atom is 0.0997 e. The van der Waals surface area contributed by atoms with Gasteiger partial charge in [0, 0.05) is 23.2 Å². The fourth-order valence-corrected chi connectivity index (χ4v) is 1.66. The summed E-state index contributed by atoms with van der Waals surface area (Å²) in [6, 6.07) is 5.35. The number of halogens is 2. The van der Waals surface area contributed by atoms with Crippen molar-refractivity contribution in [1.29, 1.82) is 0 Å². The molecule has 0 aliphatic heterocycles. The molecule has 0 aliphatic carbocycles. The number of rotatable bonds is 4. The summed E-state index contributed by atoms with van der Waals surface area (Å²) in [5.74, 6) is 6.08. The van der Waals surface area contributed by atoms with E-state index in [0.29, 0.717) is 16.6 Å². The summed E-state index contributed by atoms with van der Waals surface area (Å²) >= 11 is 11.8. The Morgan fingerprint density at radius 1 is 1.29 bits per heavy atom. The van der Waals surface area contributed by atoms with Gasteiger partial charge in [-0.25, -0.2) is 0 Å². The van der Waals surface area contributed by atoms with E-state index in [1.807, 2.05) is 6.07 Å². The molecule has 0 aliphatic rings. The van der Waals surface area contributed by atoms with Gasteiger partial charge in [0.2, 0.25) is 0 Å². The minimum absolute atomic E-state index is 0.517. The molecule has 3 heteroatoms. The molecule has 1 nitrogen and oxygen atoms in total. The van der Waals surface area contributed by atoms with Crippen LogP contribution in [0.25, 0.3) is 0 Å². The lowest BCUT2D eigenvalue weighted by Crippen LogP contribution is -1.84. The van der Waals surface area contributed by atoms with Crippen LogP contribution in [0.4, 0.5) is 0 Å². The Kier molecular flexibility index (Phi) is 6.77. The van der Waals surface area contributed by atoms with Crippen LogP contribution in [0.15, 0.2) is 23.2 Å². The molecule has 0 amide bonds. The Balaban J connectivity index is 2.44. The molecule has 1 aromatic carbocycles. The van der Waals surface area contributed by atoms with E-state index >= 15 is 0 Å². The second kappa shape index (κ2) is 8.17. The molecule has 0 aromatic heterocycles. The van der Waals surface area contributed by atoms with Gasteiger partial charge in [-0.3, -0.25) is 4.99 Å². The molecule has 0 heterocycles. The molecule has 1 aromatic rings. The molecule has 17 heavy (non-hydrogen) atoms. The maximum absolute atomic E-state index is 6.00. The first kappa shape index (κ1) is 14.1. The molecule has 0 saturated heterocycles. The number of hydrogen-bond donors (Lipinski definition) is 0. The Hall–Kier alpha value is -0.970. The van der Waals surface area contributed by atoms with Crippen molar-refractivity contribution in [2.45, 2.75) is 26.2 Å². The van der Waals surface area contributed by atoms with E-state index in [-0.39, 0.29) is 0 Å². The Labute approximate surface area is 113 Å². The zero-order chi connectivity index (χ0) is 12.5. The quantitative estimate of drug-likeness (QED) is 0.429. The van der Waals surface area contributed by atoms with E-state index in [4.69, 9.17) is 23.2 Å². The normalized spacial score (nSPS) is 10.3. The lowest BCUT2D eigenvalue weighted by molar-refractivity contribution is 0.827. The lowest BCUT2D eigenvalue weighted by atomic mass is 10.2. The Morgan fingerprint density at radius 2 is 2.12 bits per heavy atom. The minimum atomic E-state index is 0.517. The summed E-state index contributed by atoms with van der Waals surface area (Å²) in [5, 5.41) is 1.24. The van der Waals surface area contributed by atoms with Crippen molar-refractivity contribution in [3.63, 3.8) is 0 Å². The van der Waals surface area contributed by atoms with Crippen LogP contribution in [-0.2, 0) is 0 Å². The van der Waals surface area contributed by atoms with E-state index in [1.165, 1.54) is 6.42 Å². The van der Waals surface area contributed by atoms with Crippen molar-refractivity contribution < 1.29 is 0 Å². The van der Waals surface area contributed by atoms with Gasteiger partial charge in [-0.15, -0.1) is 5.92 Å². The predicted molar refractivity (Wildman–Crippen MR) is 76.2 cm³/mol. The first-order chi connectivity index (χ1) is 8.24. The van der Waals surface area contributed by atoms with Crippen molar-refractivity contribution in [3.05, 3.63) is 33.8 Å². The average Bonchev–Trinajstić information content (AvgIpc) is 2.30. The fraction of sp³-hybridized carbons (Fsp3) is 0.357. The van der Waals surface area contributed by atoms with Gasteiger partial charge in [-0.1, -0.05) is 48.5 Å². The minimum Gasteiger partial charge on any atom is -0.280 e. The van der Waals surface area contributed by atoms with Crippen LogP contribution in [0.3, 0.4) is 0 Å². The maximum atomic E-state index is 6.00. The molecule has 1 rings (SSSR count). The SMILES string of the molecule is CCCCC#CC/N=C/c1ccc(Cl)cc1Cl. The van der Waals surface area contributed by atoms with Gasteiger partial charge in [-0.05, 0) is 18.6 Å². The molecule has 0 N–H and O–H groups in total. The van der Waals surface area contributed by atoms with Crippen LogP contribution in [-0.4, -0.2) is 12.8 Å². The zero-order valence-corrected chi connectivity index (χ0v) is 11.4. The summed E-state index contributed by atoms with van der Waals surface area (Å²) in [7, 11) is 0. The Bertz CT molecular complexity index is 441. The third-order valence-corrected chi connectivity index (χ3v) is 2.71. The third kappa shape index (κ3) is 5.77. The number of nitrogens with zero attached hydrogens (tertiary/aromatic N) is 1. The molecule has 0 atom stereocenters. The number of aliphatic imine (C=N–C) groups is 1. The van der Waals surface area contributed by atoms with E-state index in [0.717, 1.165) is 18.4 Å². The highest BCUT2D eigenvalue weighted by Gasteiger charge is 1.96. The highest BCUT2D eigenvalue weighted by Crippen LogP contribution is 2.19. The van der Waals surface area contributed by atoms with Gasteiger partial charge >= 0.3 is 0 Å². The summed E-state index contributed by atoms with van der Waals surface area (Å²) in [6.45, 7) is 2.67. The smallest absolute Gasteiger partial charge is 0.0997 e. The largest absolute Gasteiger partial charge is 0.280 e. The van der Waals surface area contributed by atoms with E-state index in [2.05, 4.69) is 23.8 Å². The molecule has 0 saturated carbocycles. The van der Waals surface area contributed by atoms with Gasteiger partial charge in [0.25, 0.3) is 0 Å². The first-order valence-corrected chi connectivity index (χ1v) is 6.40. The van der Waals surface area contributed by atoms with E-state index < -0.39 is 0 Å². The number of hydrogen-bond acceptors (Lipinski definition) is 1. The Morgan fingerprint density at radius 3 is 2.82 bits per heavy atom. The second-order valence-electron chi connectivity index (χ2n) is 3.59. The van der Waals surface area contributed by atoms with Crippen LogP contribution < -0.4 is 0 Å². The third-order valence-electron chi connectivity index (χ3n) is 2.14. The molecule has 0 radical (unpaired) electrons. The highest BCUT2D eigenvalue weighted by molar-refractivity contribution is 6.36. The summed E-state index contributed by atoms with van der Waals surface area (Å²) < 4.78 is 0. The molecule has 0 spiro atoms. The average molecular weight is 268 g/mol. The number of unbranched alkanes of at least 4 members (excludes halogenated alkanes) is 2. The van der Waals surface area contributed by atoms with Gasteiger partial charge in [0.15, 0.2) is 0 Å². The standard InChI is InChI=1S/C14H15Cl2N/c1-2-3-4-5-6-9-17-11-12-7-8-13(15)10-14(12)16/h7-8,10-11H,2-4,9H2,1H3/b17-11+. The lowest BCUT2D eigenvalue weighted by Gasteiger charge is -1.97. The number of benzene rings is 1. The van der Waals surface area contributed by atoms with Gasteiger partial charge in [0.1, 0.15) is 0 Å². The molecule has 90 valence electrons. The van der Waals surface area contributed by atoms with Crippen molar-refractivity contribution in [2.24, 2.45) is 4.99 Å². The van der Waals surface area contributed by atoms with Crippen molar-refractivity contribution in [1.82, 2.24) is 0 Å². The molecular weight excluding hydrogens is 253 g/mol. The van der Waals surface area contributed by atoms with Gasteiger partial charge in [-0.2, -0.15) is 0 Å². The van der Waals surface area contributed by atoms with Crippen LogP contribution in [0.2, 0.25) is 10.0 Å². The van der Waals surface area contributed by atoms with Crippen LogP contribution in [0.5, 0.6) is 0 Å². The molecule has 0 unspecified atom stereocenters. The van der Waals surface area contributed by atoms with E-state index in [1.54, 1.807) is 18.3 Å². The molecule has 0 bridgehead atoms. The van der Waals surface area contributed by atoms with Gasteiger partial charge < -0.3 is 0 Å². The summed E-state index contributed by atoms with van der Waals surface area (Å²) in [5.41, 5.74) is 0.867. The van der Waals surface area contributed by atoms with Crippen molar-refractivity contribution >= 4 is 29.4 Å². The van der Waals surface area contributed by atoms with Gasteiger partial charge in [0.05, 0.1) is 11.6 Å². The summed E-state index contributed by atoms with van der Waals surface area (Å²) in [6.07, 6.45) is 5.01. The van der Waals surface area contributed by atoms with Crippen LogP contribution in [0.1, 0.15) is 31.7 Å². The second-order valence-corrected chi connectivity index (χ2v) is 4.44. The van der Waals surface area contributed by atoms with Crippen LogP contribution >= 0.6 is 23.2 Å². The topological polar surface area (TPSA) is 12.4 Å². The van der Waals surface area contributed by atoms with Crippen molar-refractivity contribution in [2.75, 3.05) is 6.54 Å². The van der Waals surface area contributed by atoms with Crippen LogP contribution in [0, 0.1) is 11.8 Å². The monoisotopic (exact) mass is 267 g/mol. The zero-order valence-electron chi connectivity index (χ0n) is 9.84. The fourth-order valence-electron chi connectivity index (χ4n) is 1.21. The van der Waals surface area contributed by atoms with Crippen molar-refractivity contribution in [3.8, 4) is 11.8 Å². The molecular formula is C14H15Cl2N. The molecule has 0 fully saturated rings. The highest BCUT2D eigenvalue weighted by atomic mass is 35.5.